The third-order valence-corrected chi connectivity index (χ3v) is 4.37. The molecule has 27 heavy (non-hydrogen) atoms. The Morgan fingerprint density at radius 3 is 2.93 bits per heavy atom. The molecule has 0 saturated carbocycles. The first-order chi connectivity index (χ1) is 13.0. The largest absolute Gasteiger partial charge is 0.465 e. The lowest BCUT2D eigenvalue weighted by Gasteiger charge is -2.12. The number of aromatic amines is 1. The summed E-state index contributed by atoms with van der Waals surface area (Å²) in [6.45, 7) is 3.90. The van der Waals surface area contributed by atoms with E-state index in [1.165, 1.54) is 24.1 Å². The van der Waals surface area contributed by atoms with E-state index in [0.717, 1.165) is 5.56 Å². The molecule has 0 spiro atoms. The molecule has 4 aromatic heterocycles. The normalized spacial score (nSPS) is 11.4. The van der Waals surface area contributed by atoms with Gasteiger partial charge >= 0.3 is 5.97 Å². The number of ether oxygens (including phenoxy) is 1. The third kappa shape index (κ3) is 2.67. The molecule has 0 aliphatic rings. The molecule has 138 valence electrons. The van der Waals surface area contributed by atoms with Gasteiger partial charge in [-0.3, -0.25) is 0 Å². The van der Waals surface area contributed by atoms with Gasteiger partial charge in [0.25, 0.3) is 0 Å². The molecule has 0 saturated heterocycles. The van der Waals surface area contributed by atoms with Gasteiger partial charge in [0.15, 0.2) is 11.6 Å². The lowest BCUT2D eigenvalue weighted by molar-refractivity contribution is 0.0599. The number of pyridine rings is 1. The van der Waals surface area contributed by atoms with Crippen LogP contribution in [-0.4, -0.2) is 37.6 Å². The van der Waals surface area contributed by atoms with E-state index in [1.54, 1.807) is 18.5 Å². The number of anilines is 2. The Balaban J connectivity index is 1.89. The number of esters is 1. The molecule has 0 aromatic carbocycles. The van der Waals surface area contributed by atoms with Crippen LogP contribution < -0.4 is 5.32 Å². The van der Waals surface area contributed by atoms with Crippen molar-refractivity contribution in [2.45, 2.75) is 19.8 Å². The predicted molar refractivity (Wildman–Crippen MR) is 97.7 cm³/mol. The van der Waals surface area contributed by atoms with Crippen LogP contribution in [0.15, 0.2) is 31.0 Å². The van der Waals surface area contributed by atoms with Crippen molar-refractivity contribution >= 4 is 34.0 Å². The molecule has 8 nitrogen and oxygen atoms in total. The SMILES string of the molecule is COC(=O)c1cn2ncnc(Nc3cnc4[nH]ccc4c3F)c2c1C(C)C. The highest BCUT2D eigenvalue weighted by atomic mass is 19.1. The fourth-order valence-electron chi connectivity index (χ4n) is 3.17. The number of H-pyrrole nitrogens is 1. The summed E-state index contributed by atoms with van der Waals surface area (Å²) in [5, 5.41) is 7.53. The number of methoxy groups -OCH3 is 1. The fourth-order valence-corrected chi connectivity index (χ4v) is 3.17. The molecular formula is C18H17FN6O2. The Kier molecular flexibility index (Phi) is 3.98. The van der Waals surface area contributed by atoms with Crippen molar-refractivity contribution in [1.29, 1.82) is 0 Å². The number of nitrogens with zero attached hydrogens (tertiary/aromatic N) is 4. The zero-order valence-corrected chi connectivity index (χ0v) is 14.9. The minimum Gasteiger partial charge on any atom is -0.465 e. The summed E-state index contributed by atoms with van der Waals surface area (Å²) in [5.41, 5.74) is 2.35. The second-order valence-corrected chi connectivity index (χ2v) is 6.36. The van der Waals surface area contributed by atoms with Gasteiger partial charge in [-0.15, -0.1) is 0 Å². The molecular weight excluding hydrogens is 351 g/mol. The Morgan fingerprint density at radius 2 is 2.19 bits per heavy atom. The summed E-state index contributed by atoms with van der Waals surface area (Å²) in [4.78, 5) is 23.5. The molecule has 4 rings (SSSR count). The molecule has 4 aromatic rings. The first-order valence-electron chi connectivity index (χ1n) is 8.34. The third-order valence-electron chi connectivity index (χ3n) is 4.37. The van der Waals surface area contributed by atoms with E-state index < -0.39 is 11.8 Å². The molecule has 0 radical (unpaired) electrons. The van der Waals surface area contributed by atoms with Gasteiger partial charge in [0.1, 0.15) is 17.5 Å². The lowest BCUT2D eigenvalue weighted by Crippen LogP contribution is -2.05. The molecule has 0 aliphatic carbocycles. The monoisotopic (exact) mass is 368 g/mol. The van der Waals surface area contributed by atoms with Crippen LogP contribution in [0.25, 0.3) is 16.6 Å². The number of halogens is 1. The van der Waals surface area contributed by atoms with Gasteiger partial charge in [-0.2, -0.15) is 5.10 Å². The number of hydrogen-bond donors (Lipinski definition) is 2. The number of nitrogens with one attached hydrogen (secondary N) is 2. The van der Waals surface area contributed by atoms with Crippen LogP contribution in [0.2, 0.25) is 0 Å². The average Bonchev–Trinajstić information content (AvgIpc) is 3.28. The Labute approximate surface area is 153 Å². The Hall–Kier alpha value is -3.49. The van der Waals surface area contributed by atoms with Crippen molar-refractivity contribution in [1.82, 2.24) is 24.6 Å². The van der Waals surface area contributed by atoms with Crippen molar-refractivity contribution in [2.24, 2.45) is 0 Å². The molecule has 4 heterocycles. The Morgan fingerprint density at radius 1 is 1.37 bits per heavy atom. The van der Waals surface area contributed by atoms with Crippen molar-refractivity contribution in [3.05, 3.63) is 47.9 Å². The van der Waals surface area contributed by atoms with Gasteiger partial charge in [-0.1, -0.05) is 13.8 Å². The summed E-state index contributed by atoms with van der Waals surface area (Å²) in [5.74, 6) is -0.536. The van der Waals surface area contributed by atoms with Gasteiger partial charge in [0.05, 0.1) is 29.9 Å². The highest BCUT2D eigenvalue weighted by molar-refractivity contribution is 5.96. The smallest absolute Gasteiger partial charge is 0.339 e. The number of carbonyl (C=O) groups is 1. The molecule has 0 aliphatic heterocycles. The number of aromatic nitrogens is 5. The lowest BCUT2D eigenvalue weighted by atomic mass is 10.00. The second-order valence-electron chi connectivity index (χ2n) is 6.36. The number of rotatable bonds is 4. The summed E-state index contributed by atoms with van der Waals surface area (Å²) in [6.07, 6.45) is 5.94. The predicted octanol–water partition coefficient (Wildman–Crippen LogP) is 3.40. The second kappa shape index (κ2) is 6.35. The molecule has 0 fully saturated rings. The molecule has 0 bridgehead atoms. The summed E-state index contributed by atoms with van der Waals surface area (Å²) < 4.78 is 21.2. The van der Waals surface area contributed by atoms with Crippen molar-refractivity contribution in [3.63, 3.8) is 0 Å². The fraction of sp³-hybridized carbons (Fsp3) is 0.222. The summed E-state index contributed by atoms with van der Waals surface area (Å²) >= 11 is 0. The van der Waals surface area contributed by atoms with Crippen LogP contribution >= 0.6 is 0 Å². The topological polar surface area (TPSA) is 97.2 Å². The first-order valence-corrected chi connectivity index (χ1v) is 8.34. The standard InChI is InChI=1S/C18H17FN6O2/c1-9(2)13-11(18(26)27-3)7-25-15(13)17(22-8-23-25)24-12-6-21-16-10(14(12)19)4-5-20-16/h4-9H,1-3H3,(H,20,21)(H,22,23,24). The average molecular weight is 368 g/mol. The van der Waals surface area contributed by atoms with Crippen LogP contribution in [0, 0.1) is 5.82 Å². The highest BCUT2D eigenvalue weighted by Gasteiger charge is 2.24. The van der Waals surface area contributed by atoms with E-state index in [4.69, 9.17) is 4.74 Å². The number of fused-ring (bicyclic) bond motifs is 2. The van der Waals surface area contributed by atoms with Crippen LogP contribution in [0.4, 0.5) is 15.9 Å². The molecule has 9 heteroatoms. The first kappa shape index (κ1) is 17.0. The van der Waals surface area contributed by atoms with Gasteiger partial charge in [-0.25, -0.2) is 23.7 Å². The highest BCUT2D eigenvalue weighted by Crippen LogP contribution is 2.32. The van der Waals surface area contributed by atoms with Crippen LogP contribution in [0.3, 0.4) is 0 Å². The quantitative estimate of drug-likeness (QED) is 0.536. The van der Waals surface area contributed by atoms with E-state index in [-0.39, 0.29) is 11.6 Å². The minimum atomic E-state index is -0.461. The van der Waals surface area contributed by atoms with E-state index in [2.05, 4.69) is 25.4 Å². The van der Waals surface area contributed by atoms with Crippen molar-refractivity contribution in [2.75, 3.05) is 12.4 Å². The molecule has 0 unspecified atom stereocenters. The summed E-state index contributed by atoms with van der Waals surface area (Å²) in [7, 11) is 1.33. The molecule has 2 N–H and O–H groups in total. The van der Waals surface area contributed by atoms with Crippen LogP contribution in [0.1, 0.15) is 35.7 Å². The van der Waals surface area contributed by atoms with Gasteiger partial charge in [0, 0.05) is 18.0 Å². The maximum atomic E-state index is 14.8. The van der Waals surface area contributed by atoms with Crippen LogP contribution in [-0.2, 0) is 4.74 Å². The minimum absolute atomic E-state index is 0.00854. The molecule has 0 atom stereocenters. The van der Waals surface area contributed by atoms with E-state index in [0.29, 0.717) is 27.9 Å². The summed E-state index contributed by atoms with van der Waals surface area (Å²) in [6, 6.07) is 1.62. The van der Waals surface area contributed by atoms with Crippen molar-refractivity contribution in [3.8, 4) is 0 Å². The number of hydrogen-bond acceptors (Lipinski definition) is 6. The van der Waals surface area contributed by atoms with E-state index in [1.807, 2.05) is 13.8 Å². The van der Waals surface area contributed by atoms with Crippen molar-refractivity contribution < 1.29 is 13.9 Å². The van der Waals surface area contributed by atoms with Gasteiger partial charge in [0.2, 0.25) is 0 Å². The number of carbonyl (C=O) groups excluding carboxylic acids is 1. The van der Waals surface area contributed by atoms with E-state index in [9.17, 15) is 9.18 Å². The zero-order valence-electron chi connectivity index (χ0n) is 14.9. The van der Waals surface area contributed by atoms with Gasteiger partial charge < -0.3 is 15.0 Å². The van der Waals surface area contributed by atoms with Crippen LogP contribution in [0.5, 0.6) is 0 Å². The maximum absolute atomic E-state index is 14.8. The zero-order chi connectivity index (χ0) is 19.1. The van der Waals surface area contributed by atoms with Gasteiger partial charge in [-0.05, 0) is 12.0 Å². The maximum Gasteiger partial charge on any atom is 0.339 e. The molecule has 0 amide bonds. The van der Waals surface area contributed by atoms with E-state index >= 15 is 0 Å². The Bertz CT molecular complexity index is 1160.